The Morgan fingerprint density at radius 3 is 2.81 bits per heavy atom. The van der Waals surface area contributed by atoms with Crippen LogP contribution in [0.2, 0.25) is 5.02 Å². The molecule has 1 atom stereocenters. The highest BCUT2D eigenvalue weighted by Crippen LogP contribution is 2.36. The topological polar surface area (TPSA) is 24.5 Å². The molecule has 3 rings (SSSR count). The van der Waals surface area contributed by atoms with Crippen LogP contribution in [0.15, 0.2) is 18.2 Å². The van der Waals surface area contributed by atoms with Crippen molar-refractivity contribution in [3.63, 3.8) is 0 Å². The van der Waals surface area contributed by atoms with Gasteiger partial charge >= 0.3 is 0 Å². The van der Waals surface area contributed by atoms with Gasteiger partial charge < -0.3 is 10.1 Å². The average molecular weight is 309 g/mol. The lowest BCUT2D eigenvalue weighted by atomic mass is 9.95. The number of halogens is 1. The molecule has 1 saturated carbocycles. The number of nitrogens with one attached hydrogen (secondary N) is 1. The number of rotatable bonds is 4. The van der Waals surface area contributed by atoms with Crippen molar-refractivity contribution in [1.82, 2.24) is 10.2 Å². The molecule has 2 fully saturated rings. The van der Waals surface area contributed by atoms with E-state index >= 15 is 0 Å². The zero-order valence-electron chi connectivity index (χ0n) is 13.2. The summed E-state index contributed by atoms with van der Waals surface area (Å²) in [5.74, 6) is 1.81. The van der Waals surface area contributed by atoms with Gasteiger partial charge in [0, 0.05) is 41.8 Å². The molecule has 0 aromatic heterocycles. The predicted octanol–water partition coefficient (Wildman–Crippen LogP) is 3.31. The summed E-state index contributed by atoms with van der Waals surface area (Å²) in [6.07, 6.45) is 2.76. The van der Waals surface area contributed by atoms with E-state index in [0.717, 1.165) is 36.3 Å². The highest BCUT2D eigenvalue weighted by Gasteiger charge is 2.40. The number of piperazine rings is 1. The maximum Gasteiger partial charge on any atom is 0.123 e. The quantitative estimate of drug-likeness (QED) is 0.923. The van der Waals surface area contributed by atoms with Crippen molar-refractivity contribution in [3.05, 3.63) is 28.8 Å². The second kappa shape index (κ2) is 5.79. The third-order valence-electron chi connectivity index (χ3n) is 4.86. The first-order valence-corrected chi connectivity index (χ1v) is 8.18. The summed E-state index contributed by atoms with van der Waals surface area (Å²) in [7, 11) is 1.72. The van der Waals surface area contributed by atoms with Crippen LogP contribution in [0.1, 0.15) is 32.3 Å². The van der Waals surface area contributed by atoms with Crippen LogP contribution in [0.4, 0.5) is 0 Å². The maximum absolute atomic E-state index is 6.17. The molecule has 1 saturated heterocycles. The molecule has 1 heterocycles. The monoisotopic (exact) mass is 308 g/mol. The largest absolute Gasteiger partial charge is 0.496 e. The fourth-order valence-electron chi connectivity index (χ4n) is 3.21. The summed E-state index contributed by atoms with van der Waals surface area (Å²) >= 11 is 6.17. The summed E-state index contributed by atoms with van der Waals surface area (Å²) < 4.78 is 5.50. The summed E-state index contributed by atoms with van der Waals surface area (Å²) in [5.41, 5.74) is 1.33. The molecule has 4 heteroatoms. The Balaban J connectivity index is 1.79. The van der Waals surface area contributed by atoms with Gasteiger partial charge in [0.2, 0.25) is 0 Å². The zero-order chi connectivity index (χ0) is 15.0. The van der Waals surface area contributed by atoms with Gasteiger partial charge in [-0.15, -0.1) is 0 Å². The highest BCUT2D eigenvalue weighted by atomic mass is 35.5. The second-order valence-corrected chi connectivity index (χ2v) is 7.41. The molecule has 1 aromatic rings. The molecule has 1 unspecified atom stereocenters. The number of nitrogens with zero attached hydrogens (tertiary/aromatic N) is 1. The average Bonchev–Trinajstić information content (AvgIpc) is 3.26. The number of methoxy groups -OCH3 is 1. The number of hydrogen-bond donors (Lipinski definition) is 1. The first-order valence-electron chi connectivity index (χ1n) is 7.80. The SMILES string of the molecule is COc1ccc(Cl)cc1CN1CC(C2CC2)NCC1(C)C. The Morgan fingerprint density at radius 1 is 1.38 bits per heavy atom. The zero-order valence-corrected chi connectivity index (χ0v) is 13.9. The molecule has 2 aliphatic rings. The van der Waals surface area contributed by atoms with E-state index in [1.807, 2.05) is 18.2 Å². The molecule has 116 valence electrons. The number of benzene rings is 1. The number of ether oxygens (including phenoxy) is 1. The van der Waals surface area contributed by atoms with E-state index in [1.54, 1.807) is 7.11 Å². The third-order valence-corrected chi connectivity index (χ3v) is 5.10. The lowest BCUT2D eigenvalue weighted by molar-refractivity contribution is 0.0527. The molecule has 1 aliphatic heterocycles. The summed E-state index contributed by atoms with van der Waals surface area (Å²) in [4.78, 5) is 2.57. The Morgan fingerprint density at radius 2 is 2.14 bits per heavy atom. The van der Waals surface area contributed by atoms with E-state index in [2.05, 4.69) is 24.1 Å². The minimum Gasteiger partial charge on any atom is -0.496 e. The van der Waals surface area contributed by atoms with Crippen molar-refractivity contribution < 1.29 is 4.74 Å². The second-order valence-electron chi connectivity index (χ2n) is 6.97. The molecule has 0 bridgehead atoms. The van der Waals surface area contributed by atoms with Gasteiger partial charge in [0.1, 0.15) is 5.75 Å². The van der Waals surface area contributed by atoms with Gasteiger partial charge in [0.05, 0.1) is 7.11 Å². The summed E-state index contributed by atoms with van der Waals surface area (Å²) in [6.45, 7) is 7.65. The first-order chi connectivity index (χ1) is 9.99. The smallest absolute Gasteiger partial charge is 0.123 e. The molecule has 0 radical (unpaired) electrons. The van der Waals surface area contributed by atoms with Gasteiger partial charge in [0.25, 0.3) is 0 Å². The van der Waals surface area contributed by atoms with E-state index in [4.69, 9.17) is 16.3 Å². The van der Waals surface area contributed by atoms with Crippen LogP contribution in [0, 0.1) is 5.92 Å². The molecule has 1 aromatic carbocycles. The fourth-order valence-corrected chi connectivity index (χ4v) is 3.41. The van der Waals surface area contributed by atoms with Crippen molar-refractivity contribution in [2.45, 2.75) is 44.8 Å². The molecule has 3 nitrogen and oxygen atoms in total. The van der Waals surface area contributed by atoms with Crippen LogP contribution >= 0.6 is 11.6 Å². The van der Waals surface area contributed by atoms with Crippen LogP contribution in [-0.2, 0) is 6.54 Å². The van der Waals surface area contributed by atoms with Crippen molar-refractivity contribution in [2.24, 2.45) is 5.92 Å². The van der Waals surface area contributed by atoms with Crippen molar-refractivity contribution in [3.8, 4) is 5.75 Å². The lowest BCUT2D eigenvalue weighted by Gasteiger charge is -2.46. The van der Waals surface area contributed by atoms with Crippen LogP contribution < -0.4 is 10.1 Å². The summed E-state index contributed by atoms with van der Waals surface area (Å²) in [5, 5.41) is 4.50. The highest BCUT2D eigenvalue weighted by molar-refractivity contribution is 6.30. The van der Waals surface area contributed by atoms with Crippen LogP contribution in [0.5, 0.6) is 5.75 Å². The molecule has 0 amide bonds. The van der Waals surface area contributed by atoms with Crippen molar-refractivity contribution in [2.75, 3.05) is 20.2 Å². The lowest BCUT2D eigenvalue weighted by Crippen LogP contribution is -2.62. The standard InChI is InChI=1S/C17H25ClN2O/c1-17(2)11-19-15(12-4-5-12)10-20(17)9-13-8-14(18)6-7-16(13)21-3/h6-8,12,15,19H,4-5,9-11H2,1-3H3. The van der Waals surface area contributed by atoms with Gasteiger partial charge in [-0.05, 0) is 50.8 Å². The van der Waals surface area contributed by atoms with Crippen molar-refractivity contribution in [1.29, 1.82) is 0 Å². The van der Waals surface area contributed by atoms with E-state index < -0.39 is 0 Å². The first kappa shape index (κ1) is 15.1. The molecular formula is C17H25ClN2O. The normalized spacial score (nSPS) is 25.8. The van der Waals surface area contributed by atoms with E-state index in [1.165, 1.54) is 18.4 Å². The van der Waals surface area contributed by atoms with Gasteiger partial charge in [0.15, 0.2) is 0 Å². The number of hydrogen-bond acceptors (Lipinski definition) is 3. The Hall–Kier alpha value is -0.770. The van der Waals surface area contributed by atoms with Crippen LogP contribution in [0.3, 0.4) is 0 Å². The summed E-state index contributed by atoms with van der Waals surface area (Å²) in [6, 6.07) is 6.53. The predicted molar refractivity (Wildman–Crippen MR) is 87.0 cm³/mol. The van der Waals surface area contributed by atoms with Crippen molar-refractivity contribution >= 4 is 11.6 Å². The van der Waals surface area contributed by atoms with Crippen LogP contribution in [-0.4, -0.2) is 36.7 Å². The molecule has 0 spiro atoms. The molecule has 1 aliphatic carbocycles. The molecule has 1 N–H and O–H groups in total. The van der Waals surface area contributed by atoms with E-state index in [-0.39, 0.29) is 5.54 Å². The maximum atomic E-state index is 6.17. The Bertz CT molecular complexity index is 514. The van der Waals surface area contributed by atoms with Crippen LogP contribution in [0.25, 0.3) is 0 Å². The van der Waals surface area contributed by atoms with Gasteiger partial charge in [-0.1, -0.05) is 11.6 Å². The van der Waals surface area contributed by atoms with E-state index in [9.17, 15) is 0 Å². The molecule has 21 heavy (non-hydrogen) atoms. The Labute approximate surface area is 132 Å². The Kier molecular flexibility index (Phi) is 4.17. The fraction of sp³-hybridized carbons (Fsp3) is 0.647. The minimum atomic E-state index is 0.152. The van der Waals surface area contributed by atoms with Gasteiger partial charge in [-0.2, -0.15) is 0 Å². The third kappa shape index (κ3) is 3.36. The molecular weight excluding hydrogens is 284 g/mol. The van der Waals surface area contributed by atoms with Gasteiger partial charge in [-0.3, -0.25) is 4.90 Å². The van der Waals surface area contributed by atoms with E-state index in [0.29, 0.717) is 6.04 Å². The minimum absolute atomic E-state index is 0.152. The van der Waals surface area contributed by atoms with Gasteiger partial charge in [-0.25, -0.2) is 0 Å².